The Morgan fingerprint density at radius 2 is 1.71 bits per heavy atom. The van der Waals surface area contributed by atoms with Gasteiger partial charge in [-0.25, -0.2) is 0 Å². The first-order valence-corrected chi connectivity index (χ1v) is 10.5. The summed E-state index contributed by atoms with van der Waals surface area (Å²) >= 11 is 0. The maximum atomic E-state index is 12.8. The van der Waals surface area contributed by atoms with Gasteiger partial charge in [0.2, 0.25) is 0 Å². The lowest BCUT2D eigenvalue weighted by atomic mass is 10.1. The fourth-order valence-corrected chi connectivity index (χ4v) is 4.02. The van der Waals surface area contributed by atoms with Crippen molar-refractivity contribution in [3.05, 3.63) is 100 Å². The van der Waals surface area contributed by atoms with Crippen molar-refractivity contribution in [2.24, 2.45) is 0 Å². The van der Waals surface area contributed by atoms with Crippen LogP contribution in [0.25, 0.3) is 10.9 Å². The molecule has 4 aromatic rings. The average Bonchev–Trinajstić information content (AvgIpc) is 3.02. The van der Waals surface area contributed by atoms with Crippen LogP contribution in [0.3, 0.4) is 0 Å². The summed E-state index contributed by atoms with van der Waals surface area (Å²) in [5, 5.41) is 4.14. The maximum Gasteiger partial charge on any atom is 0.251 e. The number of aryl methyl sites for hydroxylation is 2. The Labute approximate surface area is 183 Å². The van der Waals surface area contributed by atoms with Gasteiger partial charge < -0.3 is 14.6 Å². The molecule has 0 fully saturated rings. The largest absolute Gasteiger partial charge is 0.497 e. The van der Waals surface area contributed by atoms with Gasteiger partial charge in [-0.2, -0.15) is 0 Å². The van der Waals surface area contributed by atoms with E-state index in [-0.39, 0.29) is 5.91 Å². The SMILES string of the molecule is COc1ccc(CNC(=O)c2ccc3c(c2)c(C)c(C)n3Cc2cccc(C)c2)cc1. The summed E-state index contributed by atoms with van der Waals surface area (Å²) in [6.07, 6.45) is 0. The summed E-state index contributed by atoms with van der Waals surface area (Å²) in [7, 11) is 1.64. The number of carbonyl (C=O) groups excluding carboxylic acids is 1. The van der Waals surface area contributed by atoms with E-state index >= 15 is 0 Å². The van der Waals surface area contributed by atoms with Gasteiger partial charge in [0.25, 0.3) is 5.91 Å². The first-order valence-electron chi connectivity index (χ1n) is 10.5. The van der Waals surface area contributed by atoms with Crippen LogP contribution in [0.2, 0.25) is 0 Å². The first-order chi connectivity index (χ1) is 15.0. The van der Waals surface area contributed by atoms with Crippen molar-refractivity contribution in [3.8, 4) is 5.75 Å². The fourth-order valence-electron chi connectivity index (χ4n) is 4.02. The Kier molecular flexibility index (Phi) is 5.81. The van der Waals surface area contributed by atoms with Gasteiger partial charge in [0.05, 0.1) is 7.11 Å². The molecule has 1 amide bonds. The molecule has 0 saturated carbocycles. The zero-order valence-electron chi connectivity index (χ0n) is 18.5. The predicted octanol–water partition coefficient (Wildman–Crippen LogP) is 5.55. The molecule has 0 unspecified atom stereocenters. The highest BCUT2D eigenvalue weighted by Crippen LogP contribution is 2.27. The Morgan fingerprint density at radius 1 is 0.935 bits per heavy atom. The summed E-state index contributed by atoms with van der Waals surface area (Å²) in [4.78, 5) is 12.8. The molecule has 0 radical (unpaired) electrons. The van der Waals surface area contributed by atoms with Gasteiger partial charge in [-0.1, -0.05) is 42.0 Å². The Bertz CT molecular complexity index is 1240. The summed E-state index contributed by atoms with van der Waals surface area (Å²) in [6, 6.07) is 22.3. The number of hydrogen-bond donors (Lipinski definition) is 1. The molecule has 31 heavy (non-hydrogen) atoms. The number of nitrogens with one attached hydrogen (secondary N) is 1. The van der Waals surface area contributed by atoms with Crippen LogP contribution >= 0.6 is 0 Å². The summed E-state index contributed by atoms with van der Waals surface area (Å²) in [5.41, 5.74) is 7.85. The number of rotatable bonds is 6. The number of hydrogen-bond acceptors (Lipinski definition) is 2. The van der Waals surface area contributed by atoms with Crippen LogP contribution in [0.15, 0.2) is 66.7 Å². The second-order valence-corrected chi connectivity index (χ2v) is 8.05. The molecule has 3 aromatic carbocycles. The number of amides is 1. The maximum absolute atomic E-state index is 12.8. The highest BCUT2D eigenvalue weighted by molar-refractivity contribution is 5.99. The van der Waals surface area contributed by atoms with Crippen molar-refractivity contribution < 1.29 is 9.53 Å². The van der Waals surface area contributed by atoms with Crippen molar-refractivity contribution in [1.82, 2.24) is 9.88 Å². The molecule has 0 atom stereocenters. The molecule has 1 N–H and O–H groups in total. The van der Waals surface area contributed by atoms with Gasteiger partial charge in [0, 0.05) is 35.2 Å². The molecule has 0 saturated heterocycles. The van der Waals surface area contributed by atoms with Crippen molar-refractivity contribution in [1.29, 1.82) is 0 Å². The van der Waals surface area contributed by atoms with E-state index in [1.807, 2.05) is 36.4 Å². The van der Waals surface area contributed by atoms with E-state index in [9.17, 15) is 4.79 Å². The number of carbonyl (C=O) groups is 1. The van der Waals surface area contributed by atoms with E-state index < -0.39 is 0 Å². The molecule has 0 aliphatic heterocycles. The van der Waals surface area contributed by atoms with Crippen molar-refractivity contribution in [2.45, 2.75) is 33.9 Å². The monoisotopic (exact) mass is 412 g/mol. The van der Waals surface area contributed by atoms with E-state index in [0.717, 1.165) is 28.8 Å². The van der Waals surface area contributed by atoms with Gasteiger partial charge in [0.1, 0.15) is 5.75 Å². The lowest BCUT2D eigenvalue weighted by molar-refractivity contribution is 0.0951. The number of methoxy groups -OCH3 is 1. The number of ether oxygens (including phenoxy) is 1. The normalized spacial score (nSPS) is 11.0. The number of benzene rings is 3. The molecule has 0 bridgehead atoms. The van der Waals surface area contributed by atoms with E-state index in [1.165, 1.54) is 22.4 Å². The van der Waals surface area contributed by atoms with Crippen molar-refractivity contribution >= 4 is 16.8 Å². The van der Waals surface area contributed by atoms with E-state index in [4.69, 9.17) is 4.74 Å². The third kappa shape index (κ3) is 4.33. The van der Waals surface area contributed by atoms with Crippen LogP contribution in [-0.2, 0) is 13.1 Å². The average molecular weight is 413 g/mol. The van der Waals surface area contributed by atoms with Gasteiger partial charge in [-0.3, -0.25) is 4.79 Å². The minimum absolute atomic E-state index is 0.0683. The number of aromatic nitrogens is 1. The van der Waals surface area contributed by atoms with Crippen LogP contribution in [-0.4, -0.2) is 17.6 Å². The van der Waals surface area contributed by atoms with Gasteiger partial charge in [0.15, 0.2) is 0 Å². The number of nitrogens with zero attached hydrogens (tertiary/aromatic N) is 1. The van der Waals surface area contributed by atoms with Crippen LogP contribution in [0.4, 0.5) is 0 Å². The topological polar surface area (TPSA) is 43.3 Å². The Balaban J connectivity index is 1.56. The zero-order valence-corrected chi connectivity index (χ0v) is 18.5. The standard InChI is InChI=1S/C27H28N2O2/c1-18-6-5-7-22(14-18)17-29-20(3)19(2)25-15-23(10-13-26(25)29)27(30)28-16-21-8-11-24(31-4)12-9-21/h5-15H,16-17H2,1-4H3,(H,28,30). The Hall–Kier alpha value is -3.53. The highest BCUT2D eigenvalue weighted by Gasteiger charge is 2.14. The molecular formula is C27H28N2O2. The van der Waals surface area contributed by atoms with Gasteiger partial charge in [-0.05, 0) is 67.8 Å². The van der Waals surface area contributed by atoms with Crippen molar-refractivity contribution in [3.63, 3.8) is 0 Å². The molecule has 158 valence electrons. The number of fused-ring (bicyclic) bond motifs is 1. The summed E-state index contributed by atoms with van der Waals surface area (Å²) in [6.45, 7) is 7.69. The molecule has 4 nitrogen and oxygen atoms in total. The summed E-state index contributed by atoms with van der Waals surface area (Å²) < 4.78 is 7.51. The molecule has 4 heteroatoms. The third-order valence-corrected chi connectivity index (χ3v) is 5.94. The fraction of sp³-hybridized carbons (Fsp3) is 0.222. The lowest BCUT2D eigenvalue weighted by Crippen LogP contribution is -2.22. The van der Waals surface area contributed by atoms with E-state index in [2.05, 4.69) is 61.0 Å². The first kappa shape index (κ1) is 20.7. The minimum Gasteiger partial charge on any atom is -0.497 e. The second kappa shape index (κ2) is 8.68. The quantitative estimate of drug-likeness (QED) is 0.451. The molecule has 0 spiro atoms. The molecule has 1 heterocycles. The smallest absolute Gasteiger partial charge is 0.251 e. The summed E-state index contributed by atoms with van der Waals surface area (Å²) in [5.74, 6) is 0.739. The highest BCUT2D eigenvalue weighted by atomic mass is 16.5. The van der Waals surface area contributed by atoms with Crippen molar-refractivity contribution in [2.75, 3.05) is 7.11 Å². The van der Waals surface area contributed by atoms with Crippen LogP contribution in [0, 0.1) is 20.8 Å². The van der Waals surface area contributed by atoms with Gasteiger partial charge in [-0.15, -0.1) is 0 Å². The third-order valence-electron chi connectivity index (χ3n) is 5.94. The molecule has 0 aliphatic carbocycles. The van der Waals surface area contributed by atoms with Crippen LogP contribution in [0.1, 0.15) is 38.3 Å². The molecule has 1 aromatic heterocycles. The van der Waals surface area contributed by atoms with E-state index in [1.54, 1.807) is 7.11 Å². The van der Waals surface area contributed by atoms with Gasteiger partial charge >= 0.3 is 0 Å². The van der Waals surface area contributed by atoms with E-state index in [0.29, 0.717) is 12.1 Å². The minimum atomic E-state index is -0.0683. The Morgan fingerprint density at radius 3 is 2.42 bits per heavy atom. The molecule has 4 rings (SSSR count). The second-order valence-electron chi connectivity index (χ2n) is 8.05. The van der Waals surface area contributed by atoms with Crippen LogP contribution < -0.4 is 10.1 Å². The zero-order chi connectivity index (χ0) is 22.0. The van der Waals surface area contributed by atoms with Crippen LogP contribution in [0.5, 0.6) is 5.75 Å². The molecular weight excluding hydrogens is 384 g/mol. The lowest BCUT2D eigenvalue weighted by Gasteiger charge is -2.10. The predicted molar refractivity (Wildman–Crippen MR) is 126 cm³/mol. The molecule has 0 aliphatic rings.